The zero-order valence-electron chi connectivity index (χ0n) is 15.6. The summed E-state index contributed by atoms with van der Waals surface area (Å²) in [5, 5.41) is 0.378. The second-order valence-corrected chi connectivity index (χ2v) is 8.77. The van der Waals surface area contributed by atoms with Gasteiger partial charge in [-0.1, -0.05) is 34.8 Å². The van der Waals surface area contributed by atoms with Gasteiger partial charge < -0.3 is 14.2 Å². The molecule has 0 bridgehead atoms. The minimum atomic E-state index is -0.992. The molecule has 2 aromatic carbocycles. The van der Waals surface area contributed by atoms with Crippen LogP contribution < -0.4 is 9.47 Å². The fourth-order valence-corrected chi connectivity index (χ4v) is 3.52. The van der Waals surface area contributed by atoms with Gasteiger partial charge in [0.1, 0.15) is 18.1 Å². The van der Waals surface area contributed by atoms with E-state index in [1.165, 1.54) is 6.07 Å². The second-order valence-electron chi connectivity index (χ2n) is 6.66. The van der Waals surface area contributed by atoms with Crippen LogP contribution in [0.5, 0.6) is 11.5 Å². The highest BCUT2D eigenvalue weighted by molar-refractivity contribution is 9.09. The van der Waals surface area contributed by atoms with E-state index in [1.807, 2.05) is 0 Å². The van der Waals surface area contributed by atoms with Crippen LogP contribution in [0.4, 0.5) is 0 Å². The van der Waals surface area contributed by atoms with Crippen LogP contribution in [0.15, 0.2) is 42.5 Å². The SMILES string of the molecule is CC(C)(COC(=O)COc1ccc(Cl)cc1Cl)C(=O)C(Br)Oc1ccc(Cl)cc1. The molecule has 0 saturated carbocycles. The Morgan fingerprint density at radius 2 is 1.66 bits per heavy atom. The van der Waals surface area contributed by atoms with Crippen LogP contribution >= 0.6 is 50.7 Å². The summed E-state index contributed by atoms with van der Waals surface area (Å²) in [7, 11) is 0. The summed E-state index contributed by atoms with van der Waals surface area (Å²) in [6.45, 7) is 2.80. The van der Waals surface area contributed by atoms with Gasteiger partial charge in [-0.05, 0) is 72.2 Å². The van der Waals surface area contributed by atoms with Crippen LogP contribution in [0.25, 0.3) is 0 Å². The summed E-state index contributed by atoms with van der Waals surface area (Å²) in [5.41, 5.74) is -0.992. The average molecular weight is 525 g/mol. The zero-order chi connectivity index (χ0) is 21.6. The predicted molar refractivity (Wildman–Crippen MR) is 116 cm³/mol. The van der Waals surface area contributed by atoms with Crippen molar-refractivity contribution in [2.24, 2.45) is 5.41 Å². The Morgan fingerprint density at radius 1 is 1.03 bits per heavy atom. The number of hydrogen-bond acceptors (Lipinski definition) is 5. The van der Waals surface area contributed by atoms with Crippen molar-refractivity contribution in [1.82, 2.24) is 0 Å². The Bertz CT molecular complexity index is 871. The summed E-state index contributed by atoms with van der Waals surface area (Å²) < 4.78 is 16.1. The van der Waals surface area contributed by atoms with Crippen LogP contribution in [0, 0.1) is 5.41 Å². The molecule has 0 spiro atoms. The largest absolute Gasteiger partial charge is 0.480 e. The molecule has 1 atom stereocenters. The summed E-state index contributed by atoms with van der Waals surface area (Å²) in [4.78, 5) is 24.6. The van der Waals surface area contributed by atoms with Crippen molar-refractivity contribution in [3.63, 3.8) is 0 Å². The molecule has 9 heteroatoms. The summed E-state index contributed by atoms with van der Waals surface area (Å²) in [6, 6.07) is 11.2. The Balaban J connectivity index is 1.84. The molecule has 2 rings (SSSR count). The lowest BCUT2D eigenvalue weighted by Gasteiger charge is -2.25. The Hall–Kier alpha value is -1.47. The van der Waals surface area contributed by atoms with E-state index in [0.717, 1.165) is 0 Å². The highest BCUT2D eigenvalue weighted by atomic mass is 79.9. The first-order valence-electron chi connectivity index (χ1n) is 8.42. The third-order valence-electron chi connectivity index (χ3n) is 3.76. The fourth-order valence-electron chi connectivity index (χ4n) is 2.10. The molecule has 0 aliphatic rings. The van der Waals surface area contributed by atoms with Crippen molar-refractivity contribution in [2.45, 2.75) is 18.9 Å². The molecule has 0 aliphatic carbocycles. The van der Waals surface area contributed by atoms with Gasteiger partial charge in [0.05, 0.1) is 10.4 Å². The molecule has 0 N–H and O–H groups in total. The Labute approximate surface area is 192 Å². The van der Waals surface area contributed by atoms with Gasteiger partial charge in [-0.15, -0.1) is 0 Å². The minimum Gasteiger partial charge on any atom is -0.480 e. The lowest BCUT2D eigenvalue weighted by molar-refractivity contribution is -0.151. The predicted octanol–water partition coefficient (Wildman–Crippen LogP) is 5.96. The highest BCUT2D eigenvalue weighted by Gasteiger charge is 2.35. The van der Waals surface area contributed by atoms with Crippen LogP contribution in [0.2, 0.25) is 15.1 Å². The highest BCUT2D eigenvalue weighted by Crippen LogP contribution is 2.28. The molecule has 0 aromatic heterocycles. The molecule has 1 unspecified atom stereocenters. The van der Waals surface area contributed by atoms with Crippen molar-refractivity contribution in [2.75, 3.05) is 13.2 Å². The van der Waals surface area contributed by atoms with E-state index in [2.05, 4.69) is 15.9 Å². The molecule has 2 aromatic rings. The summed E-state index contributed by atoms with van der Waals surface area (Å²) >= 11 is 20.8. The lowest BCUT2D eigenvalue weighted by Crippen LogP contribution is -2.39. The van der Waals surface area contributed by atoms with Crippen LogP contribution in [-0.4, -0.2) is 30.0 Å². The molecule has 0 aliphatic heterocycles. The van der Waals surface area contributed by atoms with E-state index >= 15 is 0 Å². The number of esters is 1. The van der Waals surface area contributed by atoms with E-state index in [0.29, 0.717) is 21.5 Å². The van der Waals surface area contributed by atoms with Gasteiger partial charge in [-0.2, -0.15) is 0 Å². The number of carbonyl (C=O) groups is 2. The first-order valence-corrected chi connectivity index (χ1v) is 10.5. The summed E-state index contributed by atoms with van der Waals surface area (Å²) in [6.07, 6.45) is 0. The van der Waals surface area contributed by atoms with Gasteiger partial charge in [-0.25, -0.2) is 4.79 Å². The molecule has 0 amide bonds. The van der Waals surface area contributed by atoms with Gasteiger partial charge in [0.15, 0.2) is 12.4 Å². The van der Waals surface area contributed by atoms with E-state index in [9.17, 15) is 9.59 Å². The van der Waals surface area contributed by atoms with Crippen molar-refractivity contribution in [3.8, 4) is 11.5 Å². The van der Waals surface area contributed by atoms with Gasteiger partial charge in [-0.3, -0.25) is 4.79 Å². The average Bonchev–Trinajstić information content (AvgIpc) is 2.67. The molecule has 0 fully saturated rings. The number of carbonyl (C=O) groups excluding carboxylic acids is 2. The Kier molecular flexibility index (Phi) is 8.64. The maximum atomic E-state index is 12.7. The molecular formula is C20H18BrCl3O5. The maximum absolute atomic E-state index is 12.7. The molecule has 29 heavy (non-hydrogen) atoms. The number of alkyl halides is 1. The zero-order valence-corrected chi connectivity index (χ0v) is 19.4. The molecule has 0 radical (unpaired) electrons. The number of benzene rings is 2. The standard InChI is InChI=1S/C20H18BrCl3O5/c1-20(2,18(26)19(21)29-14-6-3-12(22)4-7-14)11-28-17(25)10-27-16-8-5-13(23)9-15(16)24/h3-9,19H,10-11H2,1-2H3. The topological polar surface area (TPSA) is 61.8 Å². The fraction of sp³-hybridized carbons (Fsp3) is 0.300. The maximum Gasteiger partial charge on any atom is 0.344 e. The van der Waals surface area contributed by atoms with Crippen molar-refractivity contribution < 1.29 is 23.8 Å². The van der Waals surface area contributed by atoms with Crippen LogP contribution in [0.3, 0.4) is 0 Å². The summed E-state index contributed by atoms with van der Waals surface area (Å²) in [5.74, 6) is -0.144. The van der Waals surface area contributed by atoms with E-state index in [-0.39, 0.29) is 24.0 Å². The monoisotopic (exact) mass is 522 g/mol. The first-order chi connectivity index (χ1) is 13.6. The molecule has 0 heterocycles. The molecular weight excluding hydrogens is 506 g/mol. The number of hydrogen-bond donors (Lipinski definition) is 0. The van der Waals surface area contributed by atoms with Crippen LogP contribution in [-0.2, 0) is 14.3 Å². The Morgan fingerprint density at radius 3 is 2.28 bits per heavy atom. The number of ketones is 1. The third kappa shape index (κ3) is 7.37. The van der Waals surface area contributed by atoms with Gasteiger partial charge in [0.25, 0.3) is 0 Å². The van der Waals surface area contributed by atoms with E-state index in [1.54, 1.807) is 50.2 Å². The molecule has 156 valence electrons. The van der Waals surface area contributed by atoms with Gasteiger partial charge in [0.2, 0.25) is 5.01 Å². The third-order valence-corrected chi connectivity index (χ3v) is 5.14. The quantitative estimate of drug-likeness (QED) is 0.299. The molecule has 0 saturated heterocycles. The van der Waals surface area contributed by atoms with Crippen molar-refractivity contribution in [3.05, 3.63) is 57.5 Å². The van der Waals surface area contributed by atoms with Crippen LogP contribution in [0.1, 0.15) is 13.8 Å². The lowest BCUT2D eigenvalue weighted by atomic mass is 9.89. The number of halogens is 4. The number of ether oxygens (including phenoxy) is 3. The second kappa shape index (κ2) is 10.5. The van der Waals surface area contributed by atoms with E-state index in [4.69, 9.17) is 49.0 Å². The number of rotatable bonds is 9. The van der Waals surface area contributed by atoms with Crippen molar-refractivity contribution in [1.29, 1.82) is 0 Å². The van der Waals surface area contributed by atoms with Gasteiger partial charge in [0, 0.05) is 10.0 Å². The number of Topliss-reactive ketones (excluding diaryl/α,β-unsaturated/α-hetero) is 1. The van der Waals surface area contributed by atoms with Gasteiger partial charge >= 0.3 is 5.97 Å². The molecule has 5 nitrogen and oxygen atoms in total. The minimum absolute atomic E-state index is 0.144. The smallest absolute Gasteiger partial charge is 0.344 e. The van der Waals surface area contributed by atoms with Crippen molar-refractivity contribution >= 4 is 62.5 Å². The first kappa shape index (κ1) is 23.8. The van der Waals surface area contributed by atoms with E-state index < -0.39 is 16.4 Å². The normalized spacial score (nSPS) is 12.2.